The second-order valence-corrected chi connectivity index (χ2v) is 13.3. The number of methoxy groups -OCH3 is 1. The Labute approximate surface area is 331 Å². The van der Waals surface area contributed by atoms with Gasteiger partial charge in [-0.05, 0) is 74.9 Å². The standard InChI is InChI=1S/C43H38N4O8.C2H6/c1-26-15-19-31(20-16-26)41(50)53-25-34-33(55-42(51)32-21-17-27(2)18-22-32)23-35(54-34)46-24-28(3)36-37(46)44-43(45-38(36)52-4)47(39(48)29-11-7-5-8-12-29)40(49)30-13-9-6-10-14-30;1-2/h5-22,24,33-35H,23,25H2,1-4H3;1-2H3/t33-,34?,35?;/m1./s1. The summed E-state index contributed by atoms with van der Waals surface area (Å²) >= 11 is 0. The topological polar surface area (TPSA) is 139 Å². The lowest BCUT2D eigenvalue weighted by Crippen LogP contribution is -2.38. The van der Waals surface area contributed by atoms with Gasteiger partial charge in [-0.1, -0.05) is 85.6 Å². The molecule has 292 valence electrons. The SMILES string of the molecule is CC.COc1nc(N(C(=O)c2ccccc2)C(=O)c2ccccc2)nc2c1c(C)cn2C1C[C@@H](OC(=O)c2ccc(C)cc2)C(COC(=O)c2ccc(C)cc2)O1. The molecule has 1 fully saturated rings. The fourth-order valence-corrected chi connectivity index (χ4v) is 6.42. The van der Waals surface area contributed by atoms with E-state index in [4.69, 9.17) is 23.9 Å². The summed E-state index contributed by atoms with van der Waals surface area (Å²) in [5.74, 6) is -2.46. The molecule has 0 spiro atoms. The minimum Gasteiger partial charge on any atom is -0.480 e. The zero-order valence-corrected chi connectivity index (χ0v) is 32.7. The molecule has 0 bridgehead atoms. The Morgan fingerprint density at radius 2 is 1.25 bits per heavy atom. The van der Waals surface area contributed by atoms with Gasteiger partial charge in [0.15, 0.2) is 5.65 Å². The van der Waals surface area contributed by atoms with Gasteiger partial charge >= 0.3 is 11.9 Å². The summed E-state index contributed by atoms with van der Waals surface area (Å²) in [4.78, 5) is 64.9. The summed E-state index contributed by atoms with van der Waals surface area (Å²) in [6.45, 7) is 9.48. The number of carbonyl (C=O) groups is 4. The summed E-state index contributed by atoms with van der Waals surface area (Å²) in [6, 6.07) is 30.7. The first-order chi connectivity index (χ1) is 27.6. The lowest BCUT2D eigenvalue weighted by atomic mass is 10.1. The number of fused-ring (bicyclic) bond motifs is 1. The molecule has 7 rings (SSSR count). The first kappa shape index (κ1) is 40.0. The van der Waals surface area contributed by atoms with E-state index in [2.05, 4.69) is 4.98 Å². The molecule has 0 aliphatic carbocycles. The van der Waals surface area contributed by atoms with Crippen molar-refractivity contribution < 1.29 is 38.1 Å². The van der Waals surface area contributed by atoms with Gasteiger partial charge in [-0.25, -0.2) is 14.5 Å². The lowest BCUT2D eigenvalue weighted by Gasteiger charge is -2.21. The molecule has 3 atom stereocenters. The number of rotatable bonds is 10. The van der Waals surface area contributed by atoms with Crippen molar-refractivity contribution in [2.24, 2.45) is 0 Å². The summed E-state index contributed by atoms with van der Waals surface area (Å²) in [5, 5.41) is 0.525. The van der Waals surface area contributed by atoms with Gasteiger partial charge in [-0.15, -0.1) is 0 Å². The van der Waals surface area contributed by atoms with E-state index < -0.39 is 42.2 Å². The summed E-state index contributed by atoms with van der Waals surface area (Å²) in [7, 11) is 1.44. The van der Waals surface area contributed by atoms with Crippen LogP contribution in [0.25, 0.3) is 11.0 Å². The quantitative estimate of drug-likeness (QED) is 0.0989. The zero-order chi connectivity index (χ0) is 40.6. The summed E-state index contributed by atoms with van der Waals surface area (Å²) in [5.41, 5.74) is 4.25. The number of carbonyl (C=O) groups excluding carboxylic acids is 4. The van der Waals surface area contributed by atoms with Crippen molar-refractivity contribution in [1.29, 1.82) is 0 Å². The van der Waals surface area contributed by atoms with Crippen LogP contribution in [0.3, 0.4) is 0 Å². The molecule has 57 heavy (non-hydrogen) atoms. The highest BCUT2D eigenvalue weighted by molar-refractivity contribution is 6.25. The van der Waals surface area contributed by atoms with Gasteiger partial charge in [0.25, 0.3) is 11.8 Å². The molecule has 12 nitrogen and oxygen atoms in total. The van der Waals surface area contributed by atoms with Crippen LogP contribution in [0.2, 0.25) is 0 Å². The molecule has 4 aromatic carbocycles. The molecule has 1 aliphatic rings. The van der Waals surface area contributed by atoms with Gasteiger partial charge in [-0.3, -0.25) is 9.59 Å². The van der Waals surface area contributed by atoms with Crippen molar-refractivity contribution in [1.82, 2.24) is 14.5 Å². The molecule has 1 saturated heterocycles. The number of anilines is 1. The van der Waals surface area contributed by atoms with Gasteiger partial charge in [0.05, 0.1) is 23.6 Å². The molecule has 2 unspecified atom stereocenters. The number of benzene rings is 4. The number of imide groups is 1. The molecular formula is C45H44N4O8. The normalized spacial score (nSPS) is 15.9. The van der Waals surface area contributed by atoms with Crippen molar-refractivity contribution in [2.75, 3.05) is 18.6 Å². The third-order valence-corrected chi connectivity index (χ3v) is 9.36. The second-order valence-electron chi connectivity index (χ2n) is 13.3. The van der Waals surface area contributed by atoms with Crippen molar-refractivity contribution in [3.8, 4) is 5.88 Å². The van der Waals surface area contributed by atoms with Crippen LogP contribution in [0.4, 0.5) is 5.95 Å². The molecule has 0 radical (unpaired) electrons. The van der Waals surface area contributed by atoms with Crippen LogP contribution in [-0.2, 0) is 14.2 Å². The molecule has 2 aromatic heterocycles. The Bertz CT molecular complexity index is 2310. The first-order valence-corrected chi connectivity index (χ1v) is 18.7. The molecule has 0 saturated carbocycles. The summed E-state index contributed by atoms with van der Waals surface area (Å²) in [6.07, 6.45) is -0.527. The largest absolute Gasteiger partial charge is 0.480 e. The van der Waals surface area contributed by atoms with Crippen molar-refractivity contribution >= 4 is 40.7 Å². The highest BCUT2D eigenvalue weighted by Gasteiger charge is 2.41. The minimum atomic E-state index is -0.856. The minimum absolute atomic E-state index is 0.131. The fourth-order valence-electron chi connectivity index (χ4n) is 6.42. The molecule has 2 amide bonds. The van der Waals surface area contributed by atoms with Gasteiger partial charge in [0.2, 0.25) is 11.8 Å². The van der Waals surface area contributed by atoms with Crippen molar-refractivity contribution in [3.05, 3.63) is 154 Å². The van der Waals surface area contributed by atoms with Gasteiger partial charge in [0.1, 0.15) is 25.0 Å². The van der Waals surface area contributed by atoms with Crippen LogP contribution >= 0.6 is 0 Å². The lowest BCUT2D eigenvalue weighted by molar-refractivity contribution is -0.0562. The Morgan fingerprint density at radius 3 is 1.77 bits per heavy atom. The highest BCUT2D eigenvalue weighted by Crippen LogP contribution is 2.38. The molecule has 12 heteroatoms. The highest BCUT2D eigenvalue weighted by atomic mass is 16.6. The third-order valence-electron chi connectivity index (χ3n) is 9.36. The predicted octanol–water partition coefficient (Wildman–Crippen LogP) is 8.25. The maximum absolute atomic E-state index is 14.1. The maximum Gasteiger partial charge on any atom is 0.338 e. The monoisotopic (exact) mass is 768 g/mol. The van der Waals surface area contributed by atoms with E-state index >= 15 is 0 Å². The zero-order valence-electron chi connectivity index (χ0n) is 32.7. The van der Waals surface area contributed by atoms with E-state index in [0.29, 0.717) is 22.2 Å². The Kier molecular flexibility index (Phi) is 12.5. The maximum atomic E-state index is 14.1. The number of hydrogen-bond acceptors (Lipinski definition) is 10. The smallest absolute Gasteiger partial charge is 0.338 e. The predicted molar refractivity (Wildman–Crippen MR) is 215 cm³/mol. The van der Waals surface area contributed by atoms with E-state index in [9.17, 15) is 19.2 Å². The van der Waals surface area contributed by atoms with E-state index in [1.165, 1.54) is 7.11 Å². The van der Waals surface area contributed by atoms with E-state index in [0.717, 1.165) is 21.6 Å². The summed E-state index contributed by atoms with van der Waals surface area (Å²) < 4.78 is 25.7. The Hall–Kier alpha value is -6.66. The van der Waals surface area contributed by atoms with Crippen LogP contribution in [0.5, 0.6) is 5.88 Å². The Morgan fingerprint density at radius 1 is 0.719 bits per heavy atom. The van der Waals surface area contributed by atoms with Crippen molar-refractivity contribution in [2.45, 2.75) is 59.5 Å². The van der Waals surface area contributed by atoms with Crippen molar-refractivity contribution in [3.63, 3.8) is 0 Å². The number of ether oxygens (including phenoxy) is 4. The van der Waals surface area contributed by atoms with E-state index in [1.54, 1.807) is 95.7 Å². The molecular weight excluding hydrogens is 725 g/mol. The van der Waals surface area contributed by atoms with Crippen LogP contribution in [0.1, 0.15) is 84.6 Å². The van der Waals surface area contributed by atoms with E-state index in [-0.39, 0.29) is 36.0 Å². The van der Waals surface area contributed by atoms with Crippen LogP contribution in [-0.4, -0.2) is 64.2 Å². The molecule has 3 heterocycles. The van der Waals surface area contributed by atoms with Crippen LogP contribution in [0.15, 0.2) is 115 Å². The van der Waals surface area contributed by atoms with E-state index in [1.807, 2.05) is 58.9 Å². The number of amides is 2. The average molecular weight is 769 g/mol. The second kappa shape index (κ2) is 17.9. The third kappa shape index (κ3) is 8.76. The van der Waals surface area contributed by atoms with Gasteiger partial charge in [-0.2, -0.15) is 9.97 Å². The van der Waals surface area contributed by atoms with Crippen LogP contribution < -0.4 is 9.64 Å². The first-order valence-electron chi connectivity index (χ1n) is 18.7. The number of hydrogen-bond donors (Lipinski definition) is 0. The molecule has 6 aromatic rings. The number of nitrogens with zero attached hydrogens (tertiary/aromatic N) is 4. The van der Waals surface area contributed by atoms with Gasteiger partial charge in [0, 0.05) is 23.7 Å². The average Bonchev–Trinajstić information content (AvgIpc) is 3.80. The van der Waals surface area contributed by atoms with Gasteiger partial charge < -0.3 is 23.5 Å². The number of aryl methyl sites for hydroxylation is 3. The molecule has 1 aliphatic heterocycles. The van der Waals surface area contributed by atoms with Crippen LogP contribution in [0, 0.1) is 20.8 Å². The fraction of sp³-hybridized carbons (Fsp3) is 0.244. The Balaban J connectivity index is 0.00000270. The number of aromatic nitrogens is 3. The number of esters is 2. The molecule has 0 N–H and O–H groups in total.